The quantitative estimate of drug-likeness (QED) is 0.762. The average Bonchev–Trinajstić information content (AvgIpc) is 2.71. The summed E-state index contributed by atoms with van der Waals surface area (Å²) in [4.78, 5) is 10.9. The largest absolute Gasteiger partial charge is 0.314 e. The minimum absolute atomic E-state index is 0.561. The van der Waals surface area contributed by atoms with E-state index in [2.05, 4.69) is 18.3 Å². The monoisotopic (exact) mass is 203 g/mol. The Balaban J connectivity index is 2.17. The standard InChI is InChI=1S/C13H17NO/c1-10-4-5-11(9-15)12(7-10)8-13-3-2-6-14-13/h4-5,7,9,13-14H,2-3,6,8H2,1H3. The van der Waals surface area contributed by atoms with Crippen LogP contribution >= 0.6 is 0 Å². The second-order valence-corrected chi connectivity index (χ2v) is 4.32. The molecule has 1 unspecified atom stereocenters. The Kier molecular flexibility index (Phi) is 3.17. The van der Waals surface area contributed by atoms with Gasteiger partial charge in [0, 0.05) is 11.6 Å². The molecule has 2 nitrogen and oxygen atoms in total. The highest BCUT2D eigenvalue weighted by atomic mass is 16.1. The Labute approximate surface area is 90.7 Å². The first-order valence-corrected chi connectivity index (χ1v) is 5.57. The van der Waals surface area contributed by atoms with Crippen molar-refractivity contribution in [3.63, 3.8) is 0 Å². The lowest BCUT2D eigenvalue weighted by atomic mass is 9.98. The molecule has 2 rings (SSSR count). The van der Waals surface area contributed by atoms with E-state index in [9.17, 15) is 4.79 Å². The van der Waals surface area contributed by atoms with Gasteiger partial charge < -0.3 is 5.32 Å². The number of aryl methyl sites for hydroxylation is 1. The van der Waals surface area contributed by atoms with Crippen molar-refractivity contribution in [1.82, 2.24) is 5.32 Å². The van der Waals surface area contributed by atoms with Crippen LogP contribution in [0.15, 0.2) is 18.2 Å². The van der Waals surface area contributed by atoms with Crippen LogP contribution in [-0.2, 0) is 6.42 Å². The van der Waals surface area contributed by atoms with E-state index < -0.39 is 0 Å². The molecule has 1 aliphatic heterocycles. The molecular weight excluding hydrogens is 186 g/mol. The van der Waals surface area contributed by atoms with Crippen LogP contribution in [0.5, 0.6) is 0 Å². The number of benzene rings is 1. The molecule has 1 saturated heterocycles. The normalized spacial score (nSPS) is 20.5. The lowest BCUT2D eigenvalue weighted by molar-refractivity contribution is 0.112. The Bertz CT molecular complexity index is 354. The molecule has 1 fully saturated rings. The van der Waals surface area contributed by atoms with Crippen LogP contribution in [-0.4, -0.2) is 18.9 Å². The van der Waals surface area contributed by atoms with Gasteiger partial charge in [-0.2, -0.15) is 0 Å². The Morgan fingerprint density at radius 3 is 3.07 bits per heavy atom. The molecule has 2 heteroatoms. The Hall–Kier alpha value is -1.15. The maximum absolute atomic E-state index is 10.9. The average molecular weight is 203 g/mol. The van der Waals surface area contributed by atoms with Crippen molar-refractivity contribution in [1.29, 1.82) is 0 Å². The van der Waals surface area contributed by atoms with Crippen molar-refractivity contribution in [3.8, 4) is 0 Å². The fourth-order valence-corrected chi connectivity index (χ4v) is 2.22. The van der Waals surface area contributed by atoms with Gasteiger partial charge >= 0.3 is 0 Å². The third-order valence-corrected chi connectivity index (χ3v) is 3.05. The van der Waals surface area contributed by atoms with E-state index in [4.69, 9.17) is 0 Å². The predicted molar refractivity (Wildman–Crippen MR) is 61.3 cm³/mol. The van der Waals surface area contributed by atoms with Crippen molar-refractivity contribution in [3.05, 3.63) is 34.9 Å². The Morgan fingerprint density at radius 1 is 1.53 bits per heavy atom. The van der Waals surface area contributed by atoms with E-state index in [1.807, 2.05) is 12.1 Å². The number of carbonyl (C=O) groups is 1. The van der Waals surface area contributed by atoms with Crippen LogP contribution in [0.2, 0.25) is 0 Å². The molecule has 0 radical (unpaired) electrons. The van der Waals surface area contributed by atoms with Gasteiger partial charge in [0.1, 0.15) is 6.29 Å². The molecule has 1 aromatic carbocycles. The molecule has 1 heterocycles. The number of nitrogens with one attached hydrogen (secondary N) is 1. The first-order valence-electron chi connectivity index (χ1n) is 5.57. The maximum Gasteiger partial charge on any atom is 0.150 e. The Morgan fingerprint density at radius 2 is 2.40 bits per heavy atom. The molecular formula is C13H17NO. The zero-order valence-corrected chi connectivity index (χ0v) is 9.12. The summed E-state index contributed by atoms with van der Waals surface area (Å²) < 4.78 is 0. The maximum atomic E-state index is 10.9. The zero-order chi connectivity index (χ0) is 10.7. The summed E-state index contributed by atoms with van der Waals surface area (Å²) in [6.45, 7) is 3.19. The van der Waals surface area contributed by atoms with Gasteiger partial charge in [-0.15, -0.1) is 0 Å². The van der Waals surface area contributed by atoms with Gasteiger partial charge in [-0.05, 0) is 38.3 Å². The number of rotatable bonds is 3. The third-order valence-electron chi connectivity index (χ3n) is 3.05. The highest BCUT2D eigenvalue weighted by Crippen LogP contribution is 2.16. The molecule has 0 spiro atoms. The first kappa shape index (κ1) is 10.4. The number of aldehydes is 1. The van der Waals surface area contributed by atoms with Crippen molar-refractivity contribution in [2.24, 2.45) is 0 Å². The van der Waals surface area contributed by atoms with Gasteiger partial charge in [0.15, 0.2) is 0 Å². The van der Waals surface area contributed by atoms with E-state index in [0.29, 0.717) is 6.04 Å². The van der Waals surface area contributed by atoms with Crippen LogP contribution in [0.25, 0.3) is 0 Å². The van der Waals surface area contributed by atoms with Crippen LogP contribution in [0.1, 0.15) is 34.3 Å². The molecule has 1 aliphatic rings. The van der Waals surface area contributed by atoms with Crippen molar-refractivity contribution >= 4 is 6.29 Å². The van der Waals surface area contributed by atoms with Gasteiger partial charge in [-0.25, -0.2) is 0 Å². The van der Waals surface area contributed by atoms with E-state index in [1.165, 1.54) is 24.0 Å². The molecule has 0 aromatic heterocycles. The number of hydrogen-bond donors (Lipinski definition) is 1. The number of hydrogen-bond acceptors (Lipinski definition) is 2. The summed E-state index contributed by atoms with van der Waals surface area (Å²) in [6.07, 6.45) is 4.43. The van der Waals surface area contributed by atoms with Gasteiger partial charge in [-0.1, -0.05) is 23.8 Å². The smallest absolute Gasteiger partial charge is 0.150 e. The third kappa shape index (κ3) is 2.45. The lowest BCUT2D eigenvalue weighted by Crippen LogP contribution is -2.24. The molecule has 0 saturated carbocycles. The second-order valence-electron chi connectivity index (χ2n) is 4.32. The van der Waals surface area contributed by atoms with Crippen molar-refractivity contribution in [2.75, 3.05) is 6.54 Å². The van der Waals surface area contributed by atoms with E-state index >= 15 is 0 Å². The van der Waals surface area contributed by atoms with E-state index in [0.717, 1.165) is 24.8 Å². The first-order chi connectivity index (χ1) is 7.29. The molecule has 80 valence electrons. The van der Waals surface area contributed by atoms with Gasteiger partial charge in [-0.3, -0.25) is 4.79 Å². The topological polar surface area (TPSA) is 29.1 Å². The summed E-state index contributed by atoms with van der Waals surface area (Å²) in [5.41, 5.74) is 3.26. The lowest BCUT2D eigenvalue weighted by Gasteiger charge is -2.12. The zero-order valence-electron chi connectivity index (χ0n) is 9.12. The minimum Gasteiger partial charge on any atom is -0.314 e. The van der Waals surface area contributed by atoms with Gasteiger partial charge in [0.25, 0.3) is 0 Å². The highest BCUT2D eigenvalue weighted by molar-refractivity contribution is 5.77. The molecule has 1 N–H and O–H groups in total. The minimum atomic E-state index is 0.561. The molecule has 0 aliphatic carbocycles. The highest BCUT2D eigenvalue weighted by Gasteiger charge is 2.15. The van der Waals surface area contributed by atoms with Crippen molar-refractivity contribution in [2.45, 2.75) is 32.2 Å². The summed E-state index contributed by atoms with van der Waals surface area (Å²) in [5, 5.41) is 3.46. The number of carbonyl (C=O) groups excluding carboxylic acids is 1. The summed E-state index contributed by atoms with van der Waals surface area (Å²) in [6, 6.07) is 6.61. The fraction of sp³-hybridized carbons (Fsp3) is 0.462. The van der Waals surface area contributed by atoms with Crippen LogP contribution in [0, 0.1) is 6.92 Å². The van der Waals surface area contributed by atoms with Gasteiger partial charge in [0.05, 0.1) is 0 Å². The van der Waals surface area contributed by atoms with Crippen LogP contribution in [0.4, 0.5) is 0 Å². The molecule has 1 aromatic rings. The molecule has 0 bridgehead atoms. The van der Waals surface area contributed by atoms with E-state index in [-0.39, 0.29) is 0 Å². The summed E-state index contributed by atoms with van der Waals surface area (Å²) in [5.74, 6) is 0. The van der Waals surface area contributed by atoms with E-state index in [1.54, 1.807) is 0 Å². The molecule has 15 heavy (non-hydrogen) atoms. The molecule has 1 atom stereocenters. The SMILES string of the molecule is Cc1ccc(C=O)c(CC2CCCN2)c1. The van der Waals surface area contributed by atoms with Crippen LogP contribution in [0.3, 0.4) is 0 Å². The molecule has 0 amide bonds. The second kappa shape index (κ2) is 4.58. The van der Waals surface area contributed by atoms with Crippen molar-refractivity contribution < 1.29 is 4.79 Å². The fourth-order valence-electron chi connectivity index (χ4n) is 2.22. The predicted octanol–water partition coefficient (Wildman–Crippen LogP) is 2.10. The summed E-state index contributed by atoms with van der Waals surface area (Å²) in [7, 11) is 0. The summed E-state index contributed by atoms with van der Waals surface area (Å²) >= 11 is 0. The van der Waals surface area contributed by atoms with Gasteiger partial charge in [0.2, 0.25) is 0 Å². The van der Waals surface area contributed by atoms with Crippen LogP contribution < -0.4 is 5.32 Å².